The van der Waals surface area contributed by atoms with Gasteiger partial charge in [0, 0.05) is 28.5 Å². The topological polar surface area (TPSA) is 42.0 Å². The van der Waals surface area contributed by atoms with Gasteiger partial charge in [0.15, 0.2) is 0 Å². The van der Waals surface area contributed by atoms with E-state index < -0.39 is 17.7 Å². The van der Waals surface area contributed by atoms with E-state index in [1.165, 1.54) is 18.3 Å². The van der Waals surface area contributed by atoms with Gasteiger partial charge in [0.25, 0.3) is 5.91 Å². The molecule has 92 valence electrons. The molecule has 0 spiro atoms. The fraction of sp³-hybridized carbons (Fsp3) is 0. The normalized spacial score (nSPS) is 10.2. The quantitative estimate of drug-likeness (QED) is 0.850. The van der Waals surface area contributed by atoms with E-state index in [1.807, 2.05) is 0 Å². The van der Waals surface area contributed by atoms with Crippen LogP contribution >= 0.6 is 11.6 Å². The van der Waals surface area contributed by atoms with Crippen molar-refractivity contribution in [3.8, 4) is 0 Å². The number of pyridine rings is 1. The number of carbonyl (C=O) groups is 1. The van der Waals surface area contributed by atoms with Crippen molar-refractivity contribution in [3.05, 3.63) is 58.9 Å². The molecule has 0 saturated heterocycles. The monoisotopic (exact) mass is 268 g/mol. The van der Waals surface area contributed by atoms with Crippen LogP contribution in [0.25, 0.3) is 0 Å². The molecule has 0 unspecified atom stereocenters. The first-order valence-electron chi connectivity index (χ1n) is 4.93. The number of nitrogens with one attached hydrogen (secondary N) is 1. The molecule has 0 aliphatic heterocycles. The van der Waals surface area contributed by atoms with Crippen molar-refractivity contribution in [2.75, 3.05) is 5.32 Å². The van der Waals surface area contributed by atoms with Crippen molar-refractivity contribution in [3.63, 3.8) is 0 Å². The van der Waals surface area contributed by atoms with Crippen LogP contribution in [0.3, 0.4) is 0 Å². The lowest BCUT2D eigenvalue weighted by Crippen LogP contribution is -2.12. The number of hydrogen-bond acceptors (Lipinski definition) is 2. The predicted octanol–water partition coefficient (Wildman–Crippen LogP) is 3.27. The number of hydrogen-bond donors (Lipinski definition) is 1. The van der Waals surface area contributed by atoms with Crippen molar-refractivity contribution in [1.29, 1.82) is 0 Å². The van der Waals surface area contributed by atoms with E-state index in [4.69, 9.17) is 11.6 Å². The third-order valence-electron chi connectivity index (χ3n) is 2.11. The number of halogens is 3. The Balaban J connectivity index is 2.21. The van der Waals surface area contributed by atoms with Crippen LogP contribution in [0, 0.1) is 11.8 Å². The fourth-order valence-corrected chi connectivity index (χ4v) is 1.59. The maximum atomic E-state index is 13.0. The van der Waals surface area contributed by atoms with Crippen LogP contribution in [0.2, 0.25) is 5.02 Å². The molecule has 1 aromatic heterocycles. The van der Waals surface area contributed by atoms with Crippen molar-refractivity contribution in [2.24, 2.45) is 0 Å². The summed E-state index contributed by atoms with van der Waals surface area (Å²) in [4.78, 5) is 15.0. The summed E-state index contributed by atoms with van der Waals surface area (Å²) < 4.78 is 25.9. The molecule has 1 aromatic carbocycles. The van der Waals surface area contributed by atoms with Crippen molar-refractivity contribution >= 4 is 23.2 Å². The lowest BCUT2D eigenvalue weighted by molar-refractivity contribution is 0.102. The summed E-state index contributed by atoms with van der Waals surface area (Å²) in [6, 6.07) is 5.94. The molecule has 0 radical (unpaired) electrons. The molecule has 1 heterocycles. The van der Waals surface area contributed by atoms with E-state index in [1.54, 1.807) is 0 Å². The van der Waals surface area contributed by atoms with Gasteiger partial charge in [-0.2, -0.15) is 4.39 Å². The minimum absolute atomic E-state index is 0.0860. The average Bonchev–Trinajstić information content (AvgIpc) is 2.27. The Morgan fingerprint density at radius 1 is 1.22 bits per heavy atom. The highest BCUT2D eigenvalue weighted by atomic mass is 35.5. The maximum absolute atomic E-state index is 13.0. The van der Waals surface area contributed by atoms with Gasteiger partial charge in [-0.1, -0.05) is 11.6 Å². The van der Waals surface area contributed by atoms with Crippen LogP contribution in [0.15, 0.2) is 36.5 Å². The van der Waals surface area contributed by atoms with Gasteiger partial charge in [-0.05, 0) is 24.3 Å². The van der Waals surface area contributed by atoms with Gasteiger partial charge in [0.2, 0.25) is 5.95 Å². The molecule has 0 aliphatic rings. The molecule has 2 aromatic rings. The summed E-state index contributed by atoms with van der Waals surface area (Å²) in [6.45, 7) is 0. The Kier molecular flexibility index (Phi) is 3.53. The molecule has 6 heteroatoms. The molecule has 18 heavy (non-hydrogen) atoms. The molecule has 2 rings (SSSR count). The largest absolute Gasteiger partial charge is 0.322 e. The number of benzene rings is 1. The average molecular weight is 269 g/mol. The van der Waals surface area contributed by atoms with Gasteiger partial charge in [0.05, 0.1) is 0 Å². The molecule has 1 amide bonds. The predicted molar refractivity (Wildman–Crippen MR) is 63.6 cm³/mol. The maximum Gasteiger partial charge on any atom is 0.255 e. The summed E-state index contributed by atoms with van der Waals surface area (Å²) in [5, 5.41) is 2.57. The third-order valence-corrected chi connectivity index (χ3v) is 2.33. The second kappa shape index (κ2) is 5.10. The molecule has 1 N–H and O–H groups in total. The molecule has 0 atom stereocenters. The van der Waals surface area contributed by atoms with Gasteiger partial charge in [-0.15, -0.1) is 0 Å². The van der Waals surface area contributed by atoms with Gasteiger partial charge >= 0.3 is 0 Å². The first-order valence-corrected chi connectivity index (χ1v) is 5.31. The van der Waals surface area contributed by atoms with Crippen LogP contribution in [0.1, 0.15) is 10.4 Å². The number of amides is 1. The van der Waals surface area contributed by atoms with Crippen LogP contribution in [-0.4, -0.2) is 10.9 Å². The van der Waals surface area contributed by atoms with E-state index in [0.717, 1.165) is 18.2 Å². The summed E-state index contributed by atoms with van der Waals surface area (Å²) in [6.07, 6.45) is 1.17. The van der Waals surface area contributed by atoms with E-state index in [0.29, 0.717) is 0 Å². The van der Waals surface area contributed by atoms with Gasteiger partial charge < -0.3 is 5.32 Å². The standard InChI is InChI=1S/C12H7ClF2N2O/c13-8-4-9(14)6-10(5-8)17-12(18)7-1-2-16-11(15)3-7/h1-6H,(H,17,18). The molecular weight excluding hydrogens is 262 g/mol. The number of anilines is 1. The van der Waals surface area contributed by atoms with Gasteiger partial charge in [0.1, 0.15) is 5.82 Å². The van der Waals surface area contributed by atoms with Gasteiger partial charge in [-0.3, -0.25) is 4.79 Å². The lowest BCUT2D eigenvalue weighted by Gasteiger charge is -2.05. The molecule has 0 bridgehead atoms. The summed E-state index contributed by atoms with van der Waals surface area (Å²) in [5.74, 6) is -1.91. The zero-order chi connectivity index (χ0) is 13.1. The first kappa shape index (κ1) is 12.4. The summed E-state index contributed by atoms with van der Waals surface area (Å²) >= 11 is 5.64. The minimum atomic E-state index is -0.764. The molecule has 0 aliphatic carbocycles. The Morgan fingerprint density at radius 2 is 2.00 bits per heavy atom. The Labute approximate surface area is 106 Å². The van der Waals surface area contributed by atoms with Crippen LogP contribution < -0.4 is 5.32 Å². The summed E-state index contributed by atoms with van der Waals surface area (Å²) in [5.41, 5.74) is 0.283. The highest BCUT2D eigenvalue weighted by Gasteiger charge is 2.08. The van der Waals surface area contributed by atoms with Crippen LogP contribution in [-0.2, 0) is 0 Å². The smallest absolute Gasteiger partial charge is 0.255 e. The SMILES string of the molecule is O=C(Nc1cc(F)cc(Cl)c1)c1ccnc(F)c1. The van der Waals surface area contributed by atoms with E-state index in [9.17, 15) is 13.6 Å². The number of carbonyl (C=O) groups excluding carboxylic acids is 1. The number of aromatic nitrogens is 1. The second-order valence-electron chi connectivity index (χ2n) is 3.48. The van der Waals surface area contributed by atoms with Crippen LogP contribution in [0.5, 0.6) is 0 Å². The molecule has 0 saturated carbocycles. The summed E-state index contributed by atoms with van der Waals surface area (Å²) in [7, 11) is 0. The number of nitrogens with zero attached hydrogens (tertiary/aromatic N) is 1. The molecular formula is C12H7ClF2N2O. The van der Waals surface area contributed by atoms with Crippen molar-refractivity contribution in [1.82, 2.24) is 4.98 Å². The lowest BCUT2D eigenvalue weighted by atomic mass is 10.2. The highest BCUT2D eigenvalue weighted by molar-refractivity contribution is 6.31. The minimum Gasteiger partial charge on any atom is -0.322 e. The van der Waals surface area contributed by atoms with Crippen LogP contribution in [0.4, 0.5) is 14.5 Å². The van der Waals surface area contributed by atoms with Crippen molar-refractivity contribution < 1.29 is 13.6 Å². The fourth-order valence-electron chi connectivity index (χ4n) is 1.37. The zero-order valence-electron chi connectivity index (χ0n) is 8.95. The second-order valence-corrected chi connectivity index (χ2v) is 3.92. The Hall–Kier alpha value is -2.01. The van der Waals surface area contributed by atoms with E-state index in [2.05, 4.69) is 10.3 Å². The van der Waals surface area contributed by atoms with Gasteiger partial charge in [-0.25, -0.2) is 9.37 Å². The van der Waals surface area contributed by atoms with E-state index >= 15 is 0 Å². The van der Waals surface area contributed by atoms with Crippen molar-refractivity contribution in [2.45, 2.75) is 0 Å². The molecule has 3 nitrogen and oxygen atoms in total. The zero-order valence-corrected chi connectivity index (χ0v) is 9.71. The first-order chi connectivity index (χ1) is 8.54. The third kappa shape index (κ3) is 3.01. The number of rotatable bonds is 2. The van der Waals surface area contributed by atoms with E-state index in [-0.39, 0.29) is 16.3 Å². The highest BCUT2D eigenvalue weighted by Crippen LogP contribution is 2.18. The Bertz CT molecular complexity index is 584. The molecule has 0 fully saturated rings. The Morgan fingerprint density at radius 3 is 2.67 bits per heavy atom.